The van der Waals surface area contributed by atoms with Crippen LogP contribution in [0.25, 0.3) is 22.6 Å². The van der Waals surface area contributed by atoms with Crippen LogP contribution in [0.3, 0.4) is 0 Å². The van der Waals surface area contributed by atoms with Crippen molar-refractivity contribution in [3.8, 4) is 11.5 Å². The van der Waals surface area contributed by atoms with Gasteiger partial charge in [-0.2, -0.15) is 0 Å². The summed E-state index contributed by atoms with van der Waals surface area (Å²) in [6, 6.07) is 12.1. The Hall–Kier alpha value is -3.02. The van der Waals surface area contributed by atoms with Crippen LogP contribution in [0.15, 0.2) is 51.5 Å². The summed E-state index contributed by atoms with van der Waals surface area (Å²) < 4.78 is 11.3. The maximum absolute atomic E-state index is 6.02. The molecule has 1 aliphatic carbocycles. The van der Waals surface area contributed by atoms with Crippen molar-refractivity contribution in [2.75, 3.05) is 0 Å². The van der Waals surface area contributed by atoms with Gasteiger partial charge in [-0.1, -0.05) is 35.5 Å². The maximum Gasteiger partial charge on any atom is 0.257 e. The van der Waals surface area contributed by atoms with Gasteiger partial charge >= 0.3 is 0 Å². The fourth-order valence-corrected chi connectivity index (χ4v) is 3.19. The molecule has 3 aromatic heterocycles. The van der Waals surface area contributed by atoms with E-state index in [4.69, 9.17) is 8.94 Å². The van der Waals surface area contributed by atoms with Crippen LogP contribution in [0.2, 0.25) is 0 Å². The van der Waals surface area contributed by atoms with Crippen molar-refractivity contribution in [3.05, 3.63) is 59.7 Å². The molecule has 0 saturated heterocycles. The number of aromatic nitrogens is 4. The number of hydrogen-bond donors (Lipinski definition) is 0. The van der Waals surface area contributed by atoms with Gasteiger partial charge in [-0.25, -0.2) is 4.98 Å². The minimum Gasteiger partial charge on any atom is -0.420 e. The largest absolute Gasteiger partial charge is 0.420 e. The zero-order valence-electron chi connectivity index (χ0n) is 14.6. The molecular formula is C20H18N4O2. The quantitative estimate of drug-likeness (QED) is 0.542. The Morgan fingerprint density at radius 3 is 2.65 bits per heavy atom. The lowest BCUT2D eigenvalue weighted by Gasteiger charge is -2.20. The molecule has 6 heteroatoms. The van der Waals surface area contributed by atoms with E-state index in [1.165, 1.54) is 0 Å². The highest BCUT2D eigenvalue weighted by molar-refractivity contribution is 5.81. The molecule has 0 radical (unpaired) electrons. The third kappa shape index (κ3) is 2.41. The van der Waals surface area contributed by atoms with E-state index in [-0.39, 0.29) is 5.41 Å². The predicted molar refractivity (Wildman–Crippen MR) is 95.6 cm³/mol. The highest BCUT2D eigenvalue weighted by Gasteiger charge is 2.31. The Morgan fingerprint density at radius 1 is 1.08 bits per heavy atom. The van der Waals surface area contributed by atoms with E-state index in [1.54, 1.807) is 6.20 Å². The number of fused-ring (bicyclic) bond motifs is 1. The maximum atomic E-state index is 6.02. The summed E-state index contributed by atoms with van der Waals surface area (Å²) in [5.74, 6) is 1.52. The molecule has 6 nitrogen and oxygen atoms in total. The molecule has 1 aliphatic rings. The van der Waals surface area contributed by atoms with Crippen LogP contribution < -0.4 is 0 Å². The first-order valence-corrected chi connectivity index (χ1v) is 8.78. The number of rotatable bonds is 4. The smallest absolute Gasteiger partial charge is 0.257 e. The highest BCUT2D eigenvalue weighted by atomic mass is 16.5. The topological polar surface area (TPSA) is 77.8 Å². The molecule has 1 aromatic carbocycles. The Bertz CT molecular complexity index is 1080. The Kier molecular flexibility index (Phi) is 3.22. The summed E-state index contributed by atoms with van der Waals surface area (Å²) in [6.07, 6.45) is 4.00. The summed E-state index contributed by atoms with van der Waals surface area (Å²) >= 11 is 0. The lowest BCUT2D eigenvalue weighted by molar-refractivity contribution is 0.420. The average molecular weight is 346 g/mol. The molecule has 0 atom stereocenters. The summed E-state index contributed by atoms with van der Waals surface area (Å²) in [4.78, 5) is 4.36. The minimum atomic E-state index is -0.375. The first-order valence-electron chi connectivity index (χ1n) is 8.78. The number of pyridine rings is 1. The molecular weight excluding hydrogens is 328 g/mol. The second-order valence-corrected chi connectivity index (χ2v) is 7.32. The summed E-state index contributed by atoms with van der Waals surface area (Å²) in [6.45, 7) is 4.15. The Labute approximate surface area is 150 Å². The lowest BCUT2D eigenvalue weighted by atomic mass is 9.85. The molecule has 3 heterocycles. The molecule has 0 bridgehead atoms. The number of hydrogen-bond acceptors (Lipinski definition) is 6. The highest BCUT2D eigenvalue weighted by Crippen LogP contribution is 2.42. The third-order valence-corrected chi connectivity index (χ3v) is 5.02. The molecule has 5 rings (SSSR count). The fourth-order valence-electron chi connectivity index (χ4n) is 3.19. The van der Waals surface area contributed by atoms with Gasteiger partial charge in [0.25, 0.3) is 5.71 Å². The number of nitrogens with zero attached hydrogens (tertiary/aromatic N) is 4. The van der Waals surface area contributed by atoms with Crippen molar-refractivity contribution in [2.24, 2.45) is 0 Å². The lowest BCUT2D eigenvalue weighted by Crippen LogP contribution is -2.19. The van der Waals surface area contributed by atoms with Crippen LogP contribution in [0.4, 0.5) is 0 Å². The molecule has 0 amide bonds. The van der Waals surface area contributed by atoms with E-state index in [2.05, 4.69) is 46.3 Å². The summed E-state index contributed by atoms with van der Waals surface area (Å²) in [5, 5.41) is 13.7. The van der Waals surface area contributed by atoms with Crippen LogP contribution in [0.1, 0.15) is 49.8 Å². The predicted octanol–water partition coefficient (Wildman–Crippen LogP) is 4.48. The van der Waals surface area contributed by atoms with Gasteiger partial charge in [0.2, 0.25) is 11.8 Å². The van der Waals surface area contributed by atoms with Crippen molar-refractivity contribution >= 4 is 11.1 Å². The normalized spacial score (nSPS) is 14.8. The Morgan fingerprint density at radius 2 is 1.88 bits per heavy atom. The van der Waals surface area contributed by atoms with E-state index in [0.29, 0.717) is 23.4 Å². The summed E-state index contributed by atoms with van der Waals surface area (Å²) in [7, 11) is 0. The van der Waals surface area contributed by atoms with Gasteiger partial charge < -0.3 is 8.94 Å². The van der Waals surface area contributed by atoms with Crippen LogP contribution in [-0.4, -0.2) is 20.3 Å². The van der Waals surface area contributed by atoms with Gasteiger partial charge in [-0.3, -0.25) is 0 Å². The van der Waals surface area contributed by atoms with Crippen LogP contribution in [0, 0.1) is 0 Å². The van der Waals surface area contributed by atoms with Gasteiger partial charge in [-0.15, -0.1) is 10.2 Å². The first kappa shape index (κ1) is 15.3. The molecule has 4 aromatic rings. The van der Waals surface area contributed by atoms with E-state index in [9.17, 15) is 0 Å². The van der Waals surface area contributed by atoms with E-state index in [1.807, 2.05) is 24.3 Å². The van der Waals surface area contributed by atoms with Crippen molar-refractivity contribution in [3.63, 3.8) is 0 Å². The van der Waals surface area contributed by atoms with Gasteiger partial charge in [-0.05, 0) is 38.3 Å². The molecule has 0 spiro atoms. The second-order valence-electron chi connectivity index (χ2n) is 7.32. The van der Waals surface area contributed by atoms with Crippen molar-refractivity contribution in [1.82, 2.24) is 20.3 Å². The van der Waals surface area contributed by atoms with Gasteiger partial charge in [0.05, 0.1) is 22.1 Å². The average Bonchev–Trinajstić information content (AvgIpc) is 3.22. The number of benzene rings is 1. The molecule has 1 fully saturated rings. The van der Waals surface area contributed by atoms with Gasteiger partial charge in [0, 0.05) is 12.1 Å². The van der Waals surface area contributed by atoms with E-state index >= 15 is 0 Å². The van der Waals surface area contributed by atoms with Gasteiger partial charge in [0.1, 0.15) is 0 Å². The zero-order valence-corrected chi connectivity index (χ0v) is 14.6. The van der Waals surface area contributed by atoms with Crippen molar-refractivity contribution < 1.29 is 8.94 Å². The van der Waals surface area contributed by atoms with Crippen molar-refractivity contribution in [2.45, 2.75) is 38.0 Å². The SMILES string of the molecule is CC(C)(c1ccccc1)c1nnc(-c2cnc3onc(C4CC4)c3c2)o1. The van der Waals surface area contributed by atoms with Crippen LogP contribution in [-0.2, 0) is 5.41 Å². The second kappa shape index (κ2) is 5.49. The van der Waals surface area contributed by atoms with Crippen LogP contribution in [0.5, 0.6) is 0 Å². The molecule has 0 N–H and O–H groups in total. The fraction of sp³-hybridized carbons (Fsp3) is 0.300. The molecule has 0 unspecified atom stereocenters. The molecule has 130 valence electrons. The Balaban J connectivity index is 1.54. The first-order chi connectivity index (χ1) is 12.6. The standard InChI is InChI=1S/C20H18N4O2/c1-20(2,14-6-4-3-5-7-14)19-23-22-17(25-19)13-10-15-16(12-8-9-12)24-26-18(15)21-11-13/h3-7,10-12H,8-9H2,1-2H3. The summed E-state index contributed by atoms with van der Waals surface area (Å²) in [5.41, 5.74) is 3.07. The van der Waals surface area contributed by atoms with Gasteiger partial charge in [0.15, 0.2) is 0 Å². The third-order valence-electron chi connectivity index (χ3n) is 5.02. The minimum absolute atomic E-state index is 0.375. The molecule has 0 aliphatic heterocycles. The van der Waals surface area contributed by atoms with Crippen molar-refractivity contribution in [1.29, 1.82) is 0 Å². The van der Waals surface area contributed by atoms with E-state index in [0.717, 1.165) is 35.0 Å². The molecule has 1 saturated carbocycles. The monoisotopic (exact) mass is 346 g/mol. The molecule has 26 heavy (non-hydrogen) atoms. The van der Waals surface area contributed by atoms with Crippen LogP contribution >= 0.6 is 0 Å². The van der Waals surface area contributed by atoms with E-state index < -0.39 is 0 Å². The zero-order chi connectivity index (χ0) is 17.7.